The van der Waals surface area contributed by atoms with Gasteiger partial charge in [0.2, 0.25) is 5.91 Å². The van der Waals surface area contributed by atoms with Gasteiger partial charge in [0.1, 0.15) is 11.9 Å². The number of rotatable bonds is 7. The molecule has 0 spiro atoms. The summed E-state index contributed by atoms with van der Waals surface area (Å²) in [5, 5.41) is 18.9. The lowest BCUT2D eigenvalue weighted by atomic mass is 9.79. The van der Waals surface area contributed by atoms with E-state index in [0.29, 0.717) is 28.1 Å². The van der Waals surface area contributed by atoms with Gasteiger partial charge in [-0.15, -0.1) is 0 Å². The minimum Gasteiger partial charge on any atom is -0.377 e. The predicted octanol–water partition coefficient (Wildman–Crippen LogP) is 2.41. The first kappa shape index (κ1) is 24.4. The number of aliphatic hydroxyl groups excluding tert-OH is 1. The van der Waals surface area contributed by atoms with Gasteiger partial charge in [-0.2, -0.15) is 0 Å². The third kappa shape index (κ3) is 4.78. The Morgan fingerprint density at radius 1 is 1.15 bits per heavy atom. The van der Waals surface area contributed by atoms with E-state index in [2.05, 4.69) is 16.0 Å². The molecule has 8 nitrogen and oxygen atoms in total. The SMILES string of the molecule is CNC(=O)[C@@H](NC(=O)C(O)c1c(C)c(C(=O)Nc2ccc(F)c(C)c2)c(C)n1C)C1CCC1. The maximum Gasteiger partial charge on any atom is 0.257 e. The Balaban J connectivity index is 1.84. The second-order valence-corrected chi connectivity index (χ2v) is 8.64. The van der Waals surface area contributed by atoms with Crippen LogP contribution in [0.25, 0.3) is 0 Å². The Morgan fingerprint density at radius 3 is 2.36 bits per heavy atom. The van der Waals surface area contributed by atoms with Gasteiger partial charge in [0.15, 0.2) is 6.10 Å². The molecule has 1 fully saturated rings. The topological polar surface area (TPSA) is 112 Å². The lowest BCUT2D eigenvalue weighted by Gasteiger charge is -2.33. The summed E-state index contributed by atoms with van der Waals surface area (Å²) in [6.07, 6.45) is 1.11. The van der Waals surface area contributed by atoms with E-state index >= 15 is 0 Å². The van der Waals surface area contributed by atoms with Crippen molar-refractivity contribution < 1.29 is 23.9 Å². The minimum atomic E-state index is -1.56. The van der Waals surface area contributed by atoms with Crippen LogP contribution in [-0.2, 0) is 16.6 Å². The molecule has 1 unspecified atom stereocenters. The van der Waals surface area contributed by atoms with Gasteiger partial charge >= 0.3 is 0 Å². The lowest BCUT2D eigenvalue weighted by Crippen LogP contribution is -2.53. The maximum atomic E-state index is 13.5. The molecule has 9 heteroatoms. The van der Waals surface area contributed by atoms with Crippen LogP contribution in [0.15, 0.2) is 18.2 Å². The van der Waals surface area contributed by atoms with E-state index in [1.807, 2.05) is 0 Å². The van der Waals surface area contributed by atoms with Gasteiger partial charge in [-0.3, -0.25) is 14.4 Å². The molecular formula is C24H31FN4O4. The molecule has 0 aliphatic heterocycles. The number of hydrogen-bond donors (Lipinski definition) is 4. The molecule has 1 heterocycles. The highest BCUT2D eigenvalue weighted by molar-refractivity contribution is 6.06. The first-order chi connectivity index (χ1) is 15.6. The molecule has 1 aliphatic rings. The summed E-state index contributed by atoms with van der Waals surface area (Å²) in [4.78, 5) is 38.1. The number of aromatic nitrogens is 1. The van der Waals surface area contributed by atoms with E-state index in [0.717, 1.165) is 19.3 Å². The maximum absolute atomic E-state index is 13.5. The van der Waals surface area contributed by atoms with Crippen molar-refractivity contribution in [2.75, 3.05) is 12.4 Å². The van der Waals surface area contributed by atoms with Gasteiger partial charge in [0.25, 0.3) is 11.8 Å². The highest BCUT2D eigenvalue weighted by atomic mass is 19.1. The van der Waals surface area contributed by atoms with Crippen molar-refractivity contribution in [3.05, 3.63) is 52.1 Å². The summed E-state index contributed by atoms with van der Waals surface area (Å²) in [6.45, 7) is 4.98. The van der Waals surface area contributed by atoms with Crippen LogP contribution in [0.3, 0.4) is 0 Å². The van der Waals surface area contributed by atoms with Crippen molar-refractivity contribution in [2.24, 2.45) is 13.0 Å². The highest BCUT2D eigenvalue weighted by Crippen LogP contribution is 2.31. The summed E-state index contributed by atoms with van der Waals surface area (Å²) >= 11 is 0. The van der Waals surface area contributed by atoms with Gasteiger partial charge in [-0.25, -0.2) is 4.39 Å². The third-order valence-electron chi connectivity index (χ3n) is 6.58. The number of nitrogens with one attached hydrogen (secondary N) is 3. The second-order valence-electron chi connectivity index (χ2n) is 8.64. The first-order valence-corrected chi connectivity index (χ1v) is 11.0. The summed E-state index contributed by atoms with van der Waals surface area (Å²) in [5.41, 5.74) is 2.45. The molecule has 2 atom stereocenters. The number of anilines is 1. The molecule has 3 amide bonds. The molecule has 4 N–H and O–H groups in total. The van der Waals surface area contributed by atoms with Crippen molar-refractivity contribution >= 4 is 23.4 Å². The molecule has 1 aliphatic carbocycles. The number of aryl methyl sites for hydroxylation is 1. The van der Waals surface area contributed by atoms with Crippen LogP contribution in [0.5, 0.6) is 0 Å². The summed E-state index contributed by atoms with van der Waals surface area (Å²) in [7, 11) is 3.17. The van der Waals surface area contributed by atoms with Gasteiger partial charge in [-0.1, -0.05) is 6.42 Å². The predicted molar refractivity (Wildman–Crippen MR) is 122 cm³/mol. The highest BCUT2D eigenvalue weighted by Gasteiger charge is 2.36. The van der Waals surface area contributed by atoms with Gasteiger partial charge in [-0.05, 0) is 68.9 Å². The standard InChI is InChI=1S/C24H31FN4O4/c1-12-11-16(9-10-17(12)25)27-22(31)18-13(2)20(29(5)14(18)3)21(30)24(33)28-19(23(32)26-4)15-7-6-8-15/h9-11,15,19,21,30H,6-8H2,1-5H3,(H,26,32)(H,27,31)(H,28,33)/t19-,21?/m0/s1. The average Bonchev–Trinajstić information content (AvgIpc) is 2.96. The Labute approximate surface area is 192 Å². The Kier molecular flexibility index (Phi) is 7.22. The molecule has 1 aromatic carbocycles. The van der Waals surface area contributed by atoms with Crippen molar-refractivity contribution in [3.8, 4) is 0 Å². The number of amides is 3. The van der Waals surface area contributed by atoms with E-state index in [-0.39, 0.29) is 23.3 Å². The van der Waals surface area contributed by atoms with Gasteiger partial charge < -0.3 is 25.6 Å². The van der Waals surface area contributed by atoms with Crippen LogP contribution in [-0.4, -0.2) is 40.5 Å². The number of likely N-dealkylation sites (N-methyl/N-ethyl adjacent to an activating group) is 1. The molecule has 0 saturated heterocycles. The fourth-order valence-corrected chi connectivity index (χ4v) is 4.32. The monoisotopic (exact) mass is 458 g/mol. The number of benzene rings is 1. The van der Waals surface area contributed by atoms with Crippen molar-refractivity contribution in [3.63, 3.8) is 0 Å². The van der Waals surface area contributed by atoms with E-state index in [9.17, 15) is 23.9 Å². The fourth-order valence-electron chi connectivity index (χ4n) is 4.32. The van der Waals surface area contributed by atoms with Crippen LogP contribution in [0.1, 0.15) is 58.2 Å². The van der Waals surface area contributed by atoms with Crippen LogP contribution >= 0.6 is 0 Å². The van der Waals surface area contributed by atoms with E-state index < -0.39 is 24.0 Å². The zero-order valence-electron chi connectivity index (χ0n) is 19.6. The number of nitrogens with zero attached hydrogens (tertiary/aromatic N) is 1. The number of halogens is 1. The lowest BCUT2D eigenvalue weighted by molar-refractivity contribution is -0.136. The molecule has 2 aromatic rings. The number of aliphatic hydroxyl groups is 1. The zero-order valence-corrected chi connectivity index (χ0v) is 19.6. The van der Waals surface area contributed by atoms with E-state index in [1.165, 1.54) is 25.2 Å². The molecule has 1 aromatic heterocycles. The molecule has 0 bridgehead atoms. The smallest absolute Gasteiger partial charge is 0.257 e. The third-order valence-corrected chi connectivity index (χ3v) is 6.58. The molecular weight excluding hydrogens is 427 g/mol. The molecule has 3 rings (SSSR count). The van der Waals surface area contributed by atoms with Crippen LogP contribution in [0, 0.1) is 32.5 Å². The second kappa shape index (κ2) is 9.74. The zero-order chi connectivity index (χ0) is 24.4. The summed E-state index contributed by atoms with van der Waals surface area (Å²) in [6, 6.07) is 3.57. The minimum absolute atomic E-state index is 0.0397. The van der Waals surface area contributed by atoms with Gasteiger partial charge in [0.05, 0.1) is 11.3 Å². The van der Waals surface area contributed by atoms with Crippen LogP contribution in [0.4, 0.5) is 10.1 Å². The fraction of sp³-hybridized carbons (Fsp3) is 0.458. The molecule has 0 radical (unpaired) electrons. The van der Waals surface area contributed by atoms with Gasteiger partial charge in [0, 0.05) is 25.5 Å². The molecule has 1 saturated carbocycles. The summed E-state index contributed by atoms with van der Waals surface area (Å²) in [5.74, 6) is -1.75. The van der Waals surface area contributed by atoms with E-state index in [1.54, 1.807) is 32.4 Å². The van der Waals surface area contributed by atoms with Crippen molar-refractivity contribution in [1.82, 2.24) is 15.2 Å². The normalized spacial score (nSPS) is 15.4. The Hall–Kier alpha value is -3.20. The van der Waals surface area contributed by atoms with Crippen LogP contribution < -0.4 is 16.0 Å². The van der Waals surface area contributed by atoms with Crippen molar-refractivity contribution in [2.45, 2.75) is 52.2 Å². The Morgan fingerprint density at radius 2 is 1.82 bits per heavy atom. The molecule has 178 valence electrons. The first-order valence-electron chi connectivity index (χ1n) is 11.0. The van der Waals surface area contributed by atoms with E-state index in [4.69, 9.17) is 0 Å². The molecule has 33 heavy (non-hydrogen) atoms. The Bertz CT molecular complexity index is 1090. The quantitative estimate of drug-likeness (QED) is 0.510. The number of carbonyl (C=O) groups is 3. The number of hydrogen-bond acceptors (Lipinski definition) is 4. The average molecular weight is 459 g/mol. The summed E-state index contributed by atoms with van der Waals surface area (Å²) < 4.78 is 15.1. The van der Waals surface area contributed by atoms with Crippen molar-refractivity contribution in [1.29, 1.82) is 0 Å². The number of carbonyl (C=O) groups excluding carboxylic acids is 3. The van der Waals surface area contributed by atoms with Crippen LogP contribution in [0.2, 0.25) is 0 Å². The largest absolute Gasteiger partial charge is 0.377 e.